The third-order valence-electron chi connectivity index (χ3n) is 2.39. The molecular formula is C10H17NO2. The maximum Gasteiger partial charge on any atom is 0.405 e. The second-order valence-corrected chi connectivity index (χ2v) is 3.66. The number of hydrogen-bond acceptors (Lipinski definition) is 2. The molecule has 74 valence electrons. The highest BCUT2D eigenvalue weighted by Crippen LogP contribution is 2.19. The van der Waals surface area contributed by atoms with E-state index in [9.17, 15) is 4.79 Å². The summed E-state index contributed by atoms with van der Waals surface area (Å²) >= 11 is 0. The molecule has 1 amide bonds. The number of ether oxygens (including phenoxy) is 1. The fraction of sp³-hybridized carbons (Fsp3) is 0.700. The predicted molar refractivity (Wildman–Crippen MR) is 51.2 cm³/mol. The highest BCUT2D eigenvalue weighted by atomic mass is 16.6. The van der Waals surface area contributed by atoms with E-state index in [2.05, 4.69) is 13.0 Å². The van der Waals surface area contributed by atoms with Crippen LogP contribution >= 0.6 is 0 Å². The van der Waals surface area contributed by atoms with Crippen LogP contribution in [0.3, 0.4) is 0 Å². The van der Waals surface area contributed by atoms with Gasteiger partial charge in [-0.2, -0.15) is 0 Å². The molecule has 2 unspecified atom stereocenters. The Bertz CT molecular complexity index is 201. The number of nitrogens with two attached hydrogens (primary N) is 1. The molecule has 0 aromatic rings. The molecule has 3 heteroatoms. The molecule has 0 spiro atoms. The standard InChI is InChI=1S/C10H17NO2/c1-8-4-2-3-5-9(7-6-8)13-10(11)12/h3,5,8-9H,2,4,6-7H2,1H3,(H2,11,12). The van der Waals surface area contributed by atoms with Gasteiger partial charge in [0, 0.05) is 0 Å². The first-order valence-electron chi connectivity index (χ1n) is 4.81. The molecule has 1 aliphatic carbocycles. The average Bonchev–Trinajstić information content (AvgIpc) is 2.03. The van der Waals surface area contributed by atoms with Crippen LogP contribution in [-0.4, -0.2) is 12.2 Å². The monoisotopic (exact) mass is 183 g/mol. The van der Waals surface area contributed by atoms with Crippen LogP contribution in [0.5, 0.6) is 0 Å². The number of hydrogen-bond donors (Lipinski definition) is 1. The number of rotatable bonds is 1. The lowest BCUT2D eigenvalue weighted by Crippen LogP contribution is -2.22. The number of carbonyl (C=O) groups is 1. The van der Waals surface area contributed by atoms with Crippen LogP contribution in [0.1, 0.15) is 32.6 Å². The van der Waals surface area contributed by atoms with E-state index in [4.69, 9.17) is 10.5 Å². The fourth-order valence-corrected chi connectivity index (χ4v) is 1.57. The zero-order valence-electron chi connectivity index (χ0n) is 8.03. The van der Waals surface area contributed by atoms with Crippen molar-refractivity contribution in [3.05, 3.63) is 12.2 Å². The summed E-state index contributed by atoms with van der Waals surface area (Å²) in [6.07, 6.45) is 7.51. The van der Waals surface area contributed by atoms with Crippen molar-refractivity contribution in [3.63, 3.8) is 0 Å². The maximum atomic E-state index is 10.5. The first-order valence-corrected chi connectivity index (χ1v) is 4.81. The minimum Gasteiger partial charge on any atom is -0.442 e. The van der Waals surface area contributed by atoms with Crippen LogP contribution in [-0.2, 0) is 4.74 Å². The van der Waals surface area contributed by atoms with Crippen molar-refractivity contribution in [3.8, 4) is 0 Å². The summed E-state index contributed by atoms with van der Waals surface area (Å²) in [5.74, 6) is 0.712. The zero-order chi connectivity index (χ0) is 9.68. The van der Waals surface area contributed by atoms with E-state index in [0.717, 1.165) is 19.3 Å². The Morgan fingerprint density at radius 1 is 1.46 bits per heavy atom. The van der Waals surface area contributed by atoms with Gasteiger partial charge in [0.1, 0.15) is 6.10 Å². The fourth-order valence-electron chi connectivity index (χ4n) is 1.57. The quantitative estimate of drug-likeness (QED) is 0.634. The first-order chi connectivity index (χ1) is 6.18. The van der Waals surface area contributed by atoms with Gasteiger partial charge in [0.25, 0.3) is 0 Å². The summed E-state index contributed by atoms with van der Waals surface area (Å²) in [5.41, 5.74) is 4.95. The van der Waals surface area contributed by atoms with E-state index in [0.29, 0.717) is 5.92 Å². The molecule has 13 heavy (non-hydrogen) atoms. The molecule has 3 nitrogen and oxygen atoms in total. The molecule has 0 aliphatic heterocycles. The van der Waals surface area contributed by atoms with Crippen molar-refractivity contribution < 1.29 is 9.53 Å². The third-order valence-corrected chi connectivity index (χ3v) is 2.39. The second-order valence-electron chi connectivity index (χ2n) is 3.66. The van der Waals surface area contributed by atoms with Crippen LogP contribution in [0.2, 0.25) is 0 Å². The van der Waals surface area contributed by atoms with E-state index in [1.807, 2.05) is 6.08 Å². The van der Waals surface area contributed by atoms with Crippen LogP contribution in [0.4, 0.5) is 4.79 Å². The maximum absolute atomic E-state index is 10.5. The minimum absolute atomic E-state index is 0.111. The van der Waals surface area contributed by atoms with Gasteiger partial charge in [0.15, 0.2) is 0 Å². The summed E-state index contributed by atoms with van der Waals surface area (Å²) < 4.78 is 4.93. The first kappa shape index (κ1) is 10.1. The molecule has 2 atom stereocenters. The summed E-state index contributed by atoms with van der Waals surface area (Å²) in [7, 11) is 0. The lowest BCUT2D eigenvalue weighted by atomic mass is 9.95. The zero-order valence-corrected chi connectivity index (χ0v) is 8.03. The van der Waals surface area contributed by atoms with Gasteiger partial charge in [-0.1, -0.05) is 13.0 Å². The minimum atomic E-state index is -0.678. The largest absolute Gasteiger partial charge is 0.442 e. The number of allylic oxidation sites excluding steroid dienone is 1. The van der Waals surface area contributed by atoms with E-state index in [1.165, 1.54) is 6.42 Å². The van der Waals surface area contributed by atoms with E-state index in [-0.39, 0.29) is 6.10 Å². The molecule has 0 radical (unpaired) electrons. The topological polar surface area (TPSA) is 52.3 Å². The van der Waals surface area contributed by atoms with Gasteiger partial charge >= 0.3 is 6.09 Å². The van der Waals surface area contributed by atoms with Gasteiger partial charge in [-0.25, -0.2) is 4.79 Å². The third kappa shape index (κ3) is 3.97. The van der Waals surface area contributed by atoms with Crippen LogP contribution in [0.15, 0.2) is 12.2 Å². The molecule has 0 saturated carbocycles. The Morgan fingerprint density at radius 2 is 2.23 bits per heavy atom. The van der Waals surface area contributed by atoms with Crippen LogP contribution in [0, 0.1) is 5.92 Å². The highest BCUT2D eigenvalue weighted by molar-refractivity contribution is 5.65. The summed E-state index contributed by atoms with van der Waals surface area (Å²) in [5, 5.41) is 0. The number of carbonyl (C=O) groups excluding carboxylic acids is 1. The smallest absolute Gasteiger partial charge is 0.405 e. The summed E-state index contributed by atoms with van der Waals surface area (Å²) in [4.78, 5) is 10.5. The Labute approximate surface area is 78.9 Å². The van der Waals surface area contributed by atoms with Crippen LogP contribution in [0.25, 0.3) is 0 Å². The van der Waals surface area contributed by atoms with Crippen LogP contribution < -0.4 is 5.73 Å². The van der Waals surface area contributed by atoms with Crippen molar-refractivity contribution >= 4 is 6.09 Å². The number of amides is 1. The molecule has 0 aromatic carbocycles. The van der Waals surface area contributed by atoms with Gasteiger partial charge in [0.05, 0.1) is 0 Å². The van der Waals surface area contributed by atoms with Crippen molar-refractivity contribution in [1.82, 2.24) is 0 Å². The molecule has 0 aromatic heterocycles. The molecule has 0 saturated heterocycles. The molecule has 2 N–H and O–H groups in total. The Hall–Kier alpha value is -0.990. The molecule has 1 rings (SSSR count). The normalized spacial score (nSPS) is 29.0. The SMILES string of the molecule is CC1CCC=CC(OC(N)=O)CC1. The average molecular weight is 183 g/mol. The predicted octanol–water partition coefficient (Wildman–Crippen LogP) is 2.22. The van der Waals surface area contributed by atoms with E-state index >= 15 is 0 Å². The van der Waals surface area contributed by atoms with Gasteiger partial charge in [-0.15, -0.1) is 0 Å². The van der Waals surface area contributed by atoms with Crippen molar-refractivity contribution in [2.45, 2.75) is 38.7 Å². The van der Waals surface area contributed by atoms with E-state index < -0.39 is 6.09 Å². The Balaban J connectivity index is 2.44. The molecule has 0 fully saturated rings. The van der Waals surface area contributed by atoms with Crippen molar-refractivity contribution in [1.29, 1.82) is 0 Å². The van der Waals surface area contributed by atoms with Crippen molar-refractivity contribution in [2.24, 2.45) is 11.7 Å². The van der Waals surface area contributed by atoms with Gasteiger partial charge < -0.3 is 10.5 Å². The Morgan fingerprint density at radius 3 is 2.92 bits per heavy atom. The summed E-state index contributed by atoms with van der Waals surface area (Å²) in [6.45, 7) is 2.22. The van der Waals surface area contributed by atoms with Crippen molar-refractivity contribution in [2.75, 3.05) is 0 Å². The lowest BCUT2D eigenvalue weighted by Gasteiger charge is -2.18. The lowest BCUT2D eigenvalue weighted by molar-refractivity contribution is 0.120. The second kappa shape index (κ2) is 4.90. The Kier molecular flexibility index (Phi) is 3.80. The molecule has 1 aliphatic rings. The molecule has 0 bridgehead atoms. The molecule has 0 heterocycles. The van der Waals surface area contributed by atoms with Gasteiger partial charge in [-0.05, 0) is 37.7 Å². The highest BCUT2D eigenvalue weighted by Gasteiger charge is 2.13. The van der Waals surface area contributed by atoms with Gasteiger partial charge in [-0.3, -0.25) is 0 Å². The summed E-state index contributed by atoms with van der Waals surface area (Å²) in [6, 6.07) is 0. The van der Waals surface area contributed by atoms with E-state index in [1.54, 1.807) is 0 Å². The van der Waals surface area contributed by atoms with Gasteiger partial charge in [0.2, 0.25) is 0 Å². The molecular weight excluding hydrogens is 166 g/mol. The number of primary amides is 1.